The Kier molecular flexibility index (Phi) is 3.53. The number of rotatable bonds is 2. The second-order valence-electron chi connectivity index (χ2n) is 4.06. The Morgan fingerprint density at radius 2 is 2.50 bits per heavy atom. The van der Waals surface area contributed by atoms with Gasteiger partial charge >= 0.3 is 6.09 Å². The number of likely N-dealkylation sites (tertiary alicyclic amines) is 1. The zero-order valence-electron chi connectivity index (χ0n) is 9.59. The van der Waals surface area contributed by atoms with Crippen LogP contribution >= 0.6 is 11.3 Å². The van der Waals surface area contributed by atoms with Gasteiger partial charge in [0.2, 0.25) is 0 Å². The van der Waals surface area contributed by atoms with Crippen LogP contribution in [0.25, 0.3) is 0 Å². The molecule has 1 fully saturated rings. The number of carbonyl (C=O) groups is 1. The number of anilines is 2. The van der Waals surface area contributed by atoms with Gasteiger partial charge in [-0.2, -0.15) is 5.26 Å². The molecule has 0 spiro atoms. The molecule has 7 nitrogen and oxygen atoms in total. The maximum atomic E-state index is 10.9. The predicted octanol–water partition coefficient (Wildman–Crippen LogP) is 1.15. The lowest BCUT2D eigenvalue weighted by atomic mass is 10.1. The number of thiazole rings is 1. The Morgan fingerprint density at radius 3 is 3.11 bits per heavy atom. The number of piperidine rings is 1. The summed E-state index contributed by atoms with van der Waals surface area (Å²) in [6.07, 6.45) is 0.791. The Labute approximate surface area is 108 Å². The Bertz CT molecular complexity index is 495. The van der Waals surface area contributed by atoms with E-state index in [1.807, 2.05) is 6.07 Å². The summed E-state index contributed by atoms with van der Waals surface area (Å²) in [4.78, 5) is 16.7. The maximum Gasteiger partial charge on any atom is 0.407 e. The molecule has 0 saturated carbocycles. The number of aromatic nitrogens is 1. The normalized spacial score (nSPS) is 19.3. The van der Waals surface area contributed by atoms with E-state index in [9.17, 15) is 4.79 Å². The highest BCUT2D eigenvalue weighted by Gasteiger charge is 2.24. The number of nitriles is 1. The van der Waals surface area contributed by atoms with Crippen molar-refractivity contribution in [3.63, 3.8) is 0 Å². The van der Waals surface area contributed by atoms with Gasteiger partial charge in [0.05, 0.1) is 0 Å². The number of nitrogens with two attached hydrogens (primary N) is 1. The Hall–Kier alpha value is -2.01. The van der Waals surface area contributed by atoms with E-state index in [-0.39, 0.29) is 11.9 Å². The molecule has 0 aliphatic carbocycles. The lowest BCUT2D eigenvalue weighted by Gasteiger charge is -2.30. The second-order valence-corrected chi connectivity index (χ2v) is 5.06. The highest BCUT2D eigenvalue weighted by molar-refractivity contribution is 7.16. The van der Waals surface area contributed by atoms with E-state index in [0.717, 1.165) is 12.8 Å². The van der Waals surface area contributed by atoms with Crippen LogP contribution in [0.5, 0.6) is 0 Å². The molecule has 0 radical (unpaired) electrons. The number of hydrogen-bond donors (Lipinski definition) is 3. The molecule has 1 aliphatic heterocycles. The van der Waals surface area contributed by atoms with Crippen LogP contribution in [0.2, 0.25) is 0 Å². The average Bonchev–Trinajstić information content (AvgIpc) is 2.69. The molecule has 1 aromatic rings. The van der Waals surface area contributed by atoms with E-state index in [0.29, 0.717) is 23.1 Å². The summed E-state index contributed by atoms with van der Waals surface area (Å²) in [5, 5.41) is 21.4. The fourth-order valence-corrected chi connectivity index (χ4v) is 2.68. The van der Waals surface area contributed by atoms with Crippen LogP contribution in [0.4, 0.5) is 15.7 Å². The van der Waals surface area contributed by atoms with Crippen molar-refractivity contribution >= 4 is 28.4 Å². The first-order chi connectivity index (χ1) is 8.60. The van der Waals surface area contributed by atoms with Crippen molar-refractivity contribution in [3.8, 4) is 6.07 Å². The number of amides is 1. The summed E-state index contributed by atoms with van der Waals surface area (Å²) in [7, 11) is 0. The highest BCUT2D eigenvalue weighted by atomic mass is 32.1. The molecule has 1 amide bonds. The van der Waals surface area contributed by atoms with Gasteiger partial charge in [0.1, 0.15) is 10.9 Å². The monoisotopic (exact) mass is 267 g/mol. The number of nitrogen functional groups attached to an aromatic ring is 1. The molecular weight excluding hydrogens is 254 g/mol. The van der Waals surface area contributed by atoms with E-state index in [4.69, 9.17) is 16.1 Å². The smallest absolute Gasteiger partial charge is 0.407 e. The van der Waals surface area contributed by atoms with E-state index in [2.05, 4.69) is 10.3 Å². The second kappa shape index (κ2) is 5.10. The minimum atomic E-state index is -0.905. The molecule has 1 aliphatic rings. The lowest BCUT2D eigenvalue weighted by Crippen LogP contribution is -2.44. The van der Waals surface area contributed by atoms with Crippen LogP contribution in [0.3, 0.4) is 0 Å². The Balaban J connectivity index is 2.00. The summed E-state index contributed by atoms with van der Waals surface area (Å²) in [6, 6.07) is 1.99. The summed E-state index contributed by atoms with van der Waals surface area (Å²) >= 11 is 1.19. The zero-order valence-corrected chi connectivity index (χ0v) is 10.4. The molecule has 8 heteroatoms. The molecular formula is C10H13N5O2S. The molecule has 1 aromatic heterocycles. The first-order valence-corrected chi connectivity index (χ1v) is 6.32. The minimum absolute atomic E-state index is 0.0203. The van der Waals surface area contributed by atoms with Gasteiger partial charge in [-0.1, -0.05) is 11.3 Å². The van der Waals surface area contributed by atoms with Gasteiger partial charge in [-0.3, -0.25) is 0 Å². The largest absolute Gasteiger partial charge is 0.465 e. The fraction of sp³-hybridized carbons (Fsp3) is 0.500. The minimum Gasteiger partial charge on any atom is -0.465 e. The molecule has 1 atom stereocenters. The number of carboxylic acid groups (broad SMARTS) is 1. The van der Waals surface area contributed by atoms with E-state index >= 15 is 0 Å². The average molecular weight is 267 g/mol. The van der Waals surface area contributed by atoms with Gasteiger partial charge in [-0.15, -0.1) is 0 Å². The maximum absolute atomic E-state index is 10.9. The van der Waals surface area contributed by atoms with Crippen molar-refractivity contribution in [1.82, 2.24) is 9.88 Å². The summed E-state index contributed by atoms with van der Waals surface area (Å²) in [5.41, 5.74) is 5.56. The molecule has 1 saturated heterocycles. The van der Waals surface area contributed by atoms with E-state index in [1.54, 1.807) is 0 Å². The number of nitrogens with zero attached hydrogens (tertiary/aromatic N) is 3. The highest BCUT2D eigenvalue weighted by Crippen LogP contribution is 2.25. The van der Waals surface area contributed by atoms with Crippen molar-refractivity contribution < 1.29 is 9.90 Å². The Morgan fingerprint density at radius 1 is 1.72 bits per heavy atom. The quantitative estimate of drug-likeness (QED) is 0.740. The van der Waals surface area contributed by atoms with Crippen molar-refractivity contribution in [1.29, 1.82) is 5.26 Å². The van der Waals surface area contributed by atoms with Crippen molar-refractivity contribution in [2.45, 2.75) is 18.9 Å². The van der Waals surface area contributed by atoms with Gasteiger partial charge in [-0.25, -0.2) is 9.78 Å². The fourth-order valence-electron chi connectivity index (χ4n) is 1.92. The van der Waals surface area contributed by atoms with Crippen LogP contribution in [0, 0.1) is 11.3 Å². The SMILES string of the molecule is N#Cc1sc(NC2CCCN(C(=O)O)C2)nc1N. The van der Waals surface area contributed by atoms with Crippen molar-refractivity contribution in [3.05, 3.63) is 4.88 Å². The summed E-state index contributed by atoms with van der Waals surface area (Å²) in [5.74, 6) is 0.218. The third-order valence-corrected chi connectivity index (χ3v) is 3.68. The van der Waals surface area contributed by atoms with Gasteiger partial charge in [0.25, 0.3) is 0 Å². The molecule has 18 heavy (non-hydrogen) atoms. The molecule has 96 valence electrons. The molecule has 2 rings (SSSR count). The van der Waals surface area contributed by atoms with Crippen LogP contribution in [0.1, 0.15) is 17.7 Å². The van der Waals surface area contributed by atoms with E-state index < -0.39 is 6.09 Å². The topological polar surface area (TPSA) is 115 Å². The summed E-state index contributed by atoms with van der Waals surface area (Å²) < 4.78 is 0. The van der Waals surface area contributed by atoms with Crippen molar-refractivity contribution in [2.24, 2.45) is 0 Å². The first-order valence-electron chi connectivity index (χ1n) is 5.51. The summed E-state index contributed by atoms with van der Waals surface area (Å²) in [6.45, 7) is 0.994. The first kappa shape index (κ1) is 12.4. The van der Waals surface area contributed by atoms with Gasteiger partial charge in [0, 0.05) is 19.1 Å². The zero-order chi connectivity index (χ0) is 13.1. The van der Waals surface area contributed by atoms with Crippen molar-refractivity contribution in [2.75, 3.05) is 24.1 Å². The van der Waals surface area contributed by atoms with E-state index in [1.165, 1.54) is 16.2 Å². The van der Waals surface area contributed by atoms with Crippen LogP contribution < -0.4 is 11.1 Å². The molecule has 0 aromatic carbocycles. The number of nitrogens with one attached hydrogen (secondary N) is 1. The van der Waals surface area contributed by atoms with Gasteiger partial charge in [0.15, 0.2) is 10.9 Å². The van der Waals surface area contributed by atoms with Crippen LogP contribution in [-0.2, 0) is 0 Å². The number of hydrogen-bond acceptors (Lipinski definition) is 6. The molecule has 0 bridgehead atoms. The molecule has 1 unspecified atom stereocenters. The lowest BCUT2D eigenvalue weighted by molar-refractivity contribution is 0.133. The van der Waals surface area contributed by atoms with Crippen LogP contribution in [-0.4, -0.2) is 40.2 Å². The third-order valence-electron chi connectivity index (χ3n) is 2.77. The van der Waals surface area contributed by atoms with Crippen LogP contribution in [0.15, 0.2) is 0 Å². The molecule has 4 N–H and O–H groups in total. The van der Waals surface area contributed by atoms with Gasteiger partial charge < -0.3 is 21.1 Å². The predicted molar refractivity (Wildman–Crippen MR) is 67.5 cm³/mol. The standard InChI is InChI=1S/C10H13N5O2S/c11-4-7-8(12)14-9(18-7)13-6-2-1-3-15(5-6)10(16)17/h6H,1-3,5,12H2,(H,13,14)(H,16,17). The van der Waals surface area contributed by atoms with Gasteiger partial charge in [-0.05, 0) is 12.8 Å². The third kappa shape index (κ3) is 2.62. The molecule has 2 heterocycles.